The molecule has 3 nitrogen and oxygen atoms in total. The minimum atomic E-state index is -0.894. The fourth-order valence-corrected chi connectivity index (χ4v) is 5.19. The Bertz CT molecular complexity index is 1070. The van der Waals surface area contributed by atoms with Gasteiger partial charge in [-0.25, -0.2) is 8.78 Å². The summed E-state index contributed by atoms with van der Waals surface area (Å²) in [6.45, 7) is 2.55. The van der Waals surface area contributed by atoms with Crippen molar-refractivity contribution in [2.75, 3.05) is 13.1 Å². The lowest BCUT2D eigenvalue weighted by Crippen LogP contribution is -2.42. The van der Waals surface area contributed by atoms with E-state index < -0.39 is 11.2 Å². The van der Waals surface area contributed by atoms with E-state index in [1.807, 2.05) is 30.3 Å². The van der Waals surface area contributed by atoms with E-state index in [1.54, 1.807) is 12.1 Å². The lowest BCUT2D eigenvalue weighted by Gasteiger charge is -2.38. The fraction of sp³-hybridized carbons (Fsp3) is 0.419. The highest BCUT2D eigenvalue weighted by Gasteiger charge is 2.34. The number of benzene rings is 3. The van der Waals surface area contributed by atoms with Crippen LogP contribution in [-0.4, -0.2) is 28.2 Å². The lowest BCUT2D eigenvalue weighted by molar-refractivity contribution is -0.0279. The lowest BCUT2D eigenvalue weighted by atomic mass is 9.80. The number of hydrogen-bond donors (Lipinski definition) is 2. The van der Waals surface area contributed by atoms with Crippen molar-refractivity contribution in [1.82, 2.24) is 4.90 Å². The number of likely N-dealkylation sites (tertiary alicyclic amines) is 1. The molecule has 5 rings (SSSR count). The minimum Gasteiger partial charge on any atom is -0.385 e. The summed E-state index contributed by atoms with van der Waals surface area (Å²) in [5, 5.41) is 21.1. The average molecular weight is 496 g/mol. The molecule has 0 spiro atoms. The number of nitrogens with zero attached hydrogens (tertiary/aromatic N) is 1. The summed E-state index contributed by atoms with van der Waals surface area (Å²) in [5.74, 6) is -0.547. The Kier molecular flexibility index (Phi) is 9.77. The van der Waals surface area contributed by atoms with Crippen molar-refractivity contribution < 1.29 is 19.0 Å². The van der Waals surface area contributed by atoms with Crippen LogP contribution in [0.4, 0.5) is 8.78 Å². The predicted octanol–water partition coefficient (Wildman–Crippen LogP) is 6.92. The molecule has 1 saturated heterocycles. The summed E-state index contributed by atoms with van der Waals surface area (Å²) < 4.78 is 26.3. The van der Waals surface area contributed by atoms with Gasteiger partial charge in [0.25, 0.3) is 0 Å². The zero-order valence-electron chi connectivity index (χ0n) is 20.2. The highest BCUT2D eigenvalue weighted by atomic mass is 19.1. The molecular weight excluding hydrogens is 456 g/mol. The van der Waals surface area contributed by atoms with Crippen molar-refractivity contribution >= 4 is 0 Å². The van der Waals surface area contributed by atoms with Crippen molar-refractivity contribution in [1.29, 1.82) is 0 Å². The number of halogens is 2. The first-order valence-electron chi connectivity index (χ1n) is 12.6. The third-order valence-corrected chi connectivity index (χ3v) is 7.34. The van der Waals surface area contributed by atoms with Gasteiger partial charge in [0, 0.05) is 19.6 Å². The van der Waals surface area contributed by atoms with Gasteiger partial charge in [-0.2, -0.15) is 0 Å². The summed E-state index contributed by atoms with van der Waals surface area (Å²) in [6.07, 6.45) is 6.05. The summed E-state index contributed by atoms with van der Waals surface area (Å²) in [5.41, 5.74) is 1.04. The Morgan fingerprint density at radius 3 is 1.64 bits per heavy atom. The van der Waals surface area contributed by atoms with Gasteiger partial charge in [-0.05, 0) is 66.6 Å². The summed E-state index contributed by atoms with van der Waals surface area (Å²) >= 11 is 0. The molecule has 1 aliphatic carbocycles. The smallest absolute Gasteiger partial charge is 0.123 e. The third-order valence-electron chi connectivity index (χ3n) is 7.34. The van der Waals surface area contributed by atoms with Crippen molar-refractivity contribution in [3.63, 3.8) is 0 Å². The van der Waals surface area contributed by atoms with Crippen LogP contribution in [0.25, 0.3) is 0 Å². The molecule has 2 N–H and O–H groups in total. The van der Waals surface area contributed by atoms with E-state index in [0.717, 1.165) is 50.9 Å². The quantitative estimate of drug-likeness (QED) is 0.413. The van der Waals surface area contributed by atoms with Crippen molar-refractivity contribution in [2.24, 2.45) is 0 Å². The first-order valence-corrected chi connectivity index (χ1v) is 12.6. The maximum Gasteiger partial charge on any atom is 0.123 e. The Labute approximate surface area is 214 Å². The van der Waals surface area contributed by atoms with E-state index in [9.17, 15) is 19.0 Å². The second-order valence-corrected chi connectivity index (χ2v) is 9.91. The van der Waals surface area contributed by atoms with Gasteiger partial charge in [0.2, 0.25) is 0 Å². The Hall–Kier alpha value is -2.60. The largest absolute Gasteiger partial charge is 0.385 e. The van der Waals surface area contributed by atoms with Gasteiger partial charge in [-0.15, -0.1) is 0 Å². The molecule has 0 atom stereocenters. The van der Waals surface area contributed by atoms with Gasteiger partial charge >= 0.3 is 0 Å². The van der Waals surface area contributed by atoms with Gasteiger partial charge in [-0.1, -0.05) is 81.3 Å². The van der Waals surface area contributed by atoms with E-state index >= 15 is 0 Å². The molecule has 0 aromatic heterocycles. The fourth-order valence-electron chi connectivity index (χ4n) is 5.19. The van der Waals surface area contributed by atoms with E-state index in [2.05, 4.69) is 17.0 Å². The van der Waals surface area contributed by atoms with Gasteiger partial charge in [0.15, 0.2) is 0 Å². The van der Waals surface area contributed by atoms with Crippen LogP contribution in [0.5, 0.6) is 0 Å². The summed E-state index contributed by atoms with van der Waals surface area (Å²) in [6, 6.07) is 23.0. The molecule has 2 fully saturated rings. The minimum absolute atomic E-state index is 0. The van der Waals surface area contributed by atoms with Crippen molar-refractivity contribution in [3.05, 3.63) is 107 Å². The molecule has 3 aromatic carbocycles. The molecule has 1 heterocycles. The molecule has 0 unspecified atom stereocenters. The summed E-state index contributed by atoms with van der Waals surface area (Å²) in [4.78, 5) is 2.34. The van der Waals surface area contributed by atoms with Crippen molar-refractivity contribution in [2.45, 2.75) is 70.1 Å². The zero-order chi connectivity index (χ0) is 24.7. The summed E-state index contributed by atoms with van der Waals surface area (Å²) in [7, 11) is 0. The average Bonchev–Trinajstić information content (AvgIpc) is 2.87. The number of hydrogen-bond acceptors (Lipinski definition) is 3. The van der Waals surface area contributed by atoms with Crippen LogP contribution in [0.3, 0.4) is 0 Å². The second-order valence-electron chi connectivity index (χ2n) is 9.91. The van der Waals surface area contributed by atoms with Gasteiger partial charge in [0.05, 0.1) is 11.2 Å². The van der Waals surface area contributed by atoms with E-state index in [-0.39, 0.29) is 19.1 Å². The molecule has 36 heavy (non-hydrogen) atoms. The maximum absolute atomic E-state index is 13.3. The highest BCUT2D eigenvalue weighted by molar-refractivity contribution is 5.25. The normalized spacial score (nSPS) is 18.9. The van der Waals surface area contributed by atoms with Crippen LogP contribution in [-0.2, 0) is 17.7 Å². The predicted molar refractivity (Wildman–Crippen MR) is 141 cm³/mol. The van der Waals surface area contributed by atoms with Crippen LogP contribution < -0.4 is 0 Å². The zero-order valence-corrected chi connectivity index (χ0v) is 20.2. The van der Waals surface area contributed by atoms with Gasteiger partial charge in [-0.3, -0.25) is 4.90 Å². The van der Waals surface area contributed by atoms with Crippen LogP contribution in [0, 0.1) is 11.6 Å². The topological polar surface area (TPSA) is 43.7 Å². The SMILES string of the molecule is C.OC1(c2cccc(F)c2)CCCCC1.OC1(c2cccc(F)c2)CCN(Cc2ccccc2)CC1. The van der Waals surface area contributed by atoms with E-state index in [4.69, 9.17) is 0 Å². The Morgan fingerprint density at radius 1 is 0.639 bits per heavy atom. The van der Waals surface area contributed by atoms with Gasteiger partial charge in [0.1, 0.15) is 11.6 Å². The van der Waals surface area contributed by atoms with Crippen LogP contribution >= 0.6 is 0 Å². The number of aliphatic hydroxyl groups is 2. The highest BCUT2D eigenvalue weighted by Crippen LogP contribution is 2.37. The first kappa shape index (κ1) is 28.0. The van der Waals surface area contributed by atoms with Crippen molar-refractivity contribution in [3.8, 4) is 0 Å². The Balaban J connectivity index is 0.000000210. The Morgan fingerprint density at radius 2 is 1.14 bits per heavy atom. The molecule has 0 radical (unpaired) electrons. The van der Waals surface area contributed by atoms with Crippen LogP contribution in [0.2, 0.25) is 0 Å². The first-order chi connectivity index (χ1) is 16.9. The molecule has 0 amide bonds. The van der Waals surface area contributed by atoms with Gasteiger partial charge < -0.3 is 10.2 Å². The third kappa shape index (κ3) is 7.22. The maximum atomic E-state index is 13.3. The molecule has 1 aliphatic heterocycles. The molecule has 3 aromatic rings. The molecule has 1 saturated carbocycles. The molecule has 2 aliphatic rings. The standard InChI is InChI=1S/C18H20FNO.C12H15FO.CH4/c19-17-8-4-7-16(13-17)18(21)9-11-20(12-10-18)14-15-5-2-1-3-6-15;13-11-6-4-5-10(9-11)12(14)7-2-1-3-8-12;/h1-8,13,21H,9-12,14H2;4-6,9,14H,1-3,7-8H2;1H4. The van der Waals surface area contributed by atoms with Crippen LogP contribution in [0.15, 0.2) is 78.9 Å². The number of piperidine rings is 1. The second kappa shape index (κ2) is 12.6. The molecule has 0 bridgehead atoms. The number of rotatable bonds is 4. The van der Waals surface area contributed by atoms with E-state index in [1.165, 1.54) is 36.2 Å². The van der Waals surface area contributed by atoms with E-state index in [0.29, 0.717) is 18.4 Å². The molecular formula is C31H39F2NO2. The van der Waals surface area contributed by atoms with Crippen LogP contribution in [0.1, 0.15) is 69.1 Å². The molecule has 5 heteroatoms. The molecule has 194 valence electrons. The monoisotopic (exact) mass is 495 g/mol.